The highest BCUT2D eigenvalue weighted by Gasteiger charge is 1.91. The summed E-state index contributed by atoms with van der Waals surface area (Å²) in [6.07, 6.45) is 11.9. The lowest BCUT2D eigenvalue weighted by molar-refractivity contribution is 0.874. The molecule has 1 rings (SSSR count). The van der Waals surface area contributed by atoms with Crippen LogP contribution in [0.15, 0.2) is 28.9 Å². The lowest BCUT2D eigenvalue weighted by atomic mass is 10.2. The van der Waals surface area contributed by atoms with E-state index in [9.17, 15) is 0 Å². The number of hydrogen-bond acceptors (Lipinski definition) is 1. The zero-order chi connectivity index (χ0) is 7.23. The molecule has 0 atom stereocenters. The van der Waals surface area contributed by atoms with Crippen LogP contribution in [-0.4, -0.2) is 6.21 Å². The molecule has 1 heteroatoms. The van der Waals surface area contributed by atoms with E-state index in [1.807, 2.05) is 13.1 Å². The molecule has 0 amide bonds. The molecule has 10 heavy (non-hydrogen) atoms. The third-order valence-electron chi connectivity index (χ3n) is 1.50. The molecule has 54 valence electrons. The number of hydrogen-bond donors (Lipinski definition) is 0. The largest absolute Gasteiger partial charge is 0.262 e. The molecule has 0 heterocycles. The molecule has 0 radical (unpaired) electrons. The Morgan fingerprint density at radius 1 is 1.50 bits per heavy atom. The molecular formula is C9H13N. The lowest BCUT2D eigenvalue weighted by Gasteiger charge is -1.87. The Kier molecular flexibility index (Phi) is 2.94. The zero-order valence-corrected chi connectivity index (χ0v) is 6.38. The van der Waals surface area contributed by atoms with E-state index >= 15 is 0 Å². The molecule has 0 fully saturated rings. The molecule has 0 aliphatic heterocycles. The number of allylic oxidation sites excluding steroid dienone is 3. The molecule has 0 saturated heterocycles. The van der Waals surface area contributed by atoms with Gasteiger partial charge in [-0.05, 0) is 32.3 Å². The van der Waals surface area contributed by atoms with Gasteiger partial charge in [0.25, 0.3) is 0 Å². The van der Waals surface area contributed by atoms with Gasteiger partial charge in [0.2, 0.25) is 0 Å². The lowest BCUT2D eigenvalue weighted by Crippen LogP contribution is -1.70. The second-order valence-corrected chi connectivity index (χ2v) is 2.35. The van der Waals surface area contributed by atoms with Crippen LogP contribution >= 0.6 is 0 Å². The van der Waals surface area contributed by atoms with Crippen molar-refractivity contribution in [2.45, 2.75) is 26.2 Å². The quantitative estimate of drug-likeness (QED) is 0.490. The van der Waals surface area contributed by atoms with Crippen molar-refractivity contribution in [2.24, 2.45) is 4.99 Å². The van der Waals surface area contributed by atoms with E-state index in [2.05, 4.69) is 23.2 Å². The van der Waals surface area contributed by atoms with Crippen molar-refractivity contribution in [3.63, 3.8) is 0 Å². The molecular weight excluding hydrogens is 122 g/mol. The molecule has 0 spiro atoms. The average molecular weight is 135 g/mol. The van der Waals surface area contributed by atoms with Gasteiger partial charge in [0.15, 0.2) is 0 Å². The van der Waals surface area contributed by atoms with Gasteiger partial charge in [-0.3, -0.25) is 4.99 Å². The van der Waals surface area contributed by atoms with E-state index in [1.165, 1.54) is 19.3 Å². The second-order valence-electron chi connectivity index (χ2n) is 2.35. The third-order valence-corrected chi connectivity index (χ3v) is 1.50. The van der Waals surface area contributed by atoms with E-state index in [0.29, 0.717) is 0 Å². The van der Waals surface area contributed by atoms with Crippen LogP contribution in [-0.2, 0) is 0 Å². The van der Waals surface area contributed by atoms with Crippen LogP contribution in [0.2, 0.25) is 0 Å². The fourth-order valence-corrected chi connectivity index (χ4v) is 1.00. The SMILES string of the molecule is CC=NC1=CCCCC=C1. The summed E-state index contributed by atoms with van der Waals surface area (Å²) in [6.45, 7) is 1.94. The summed E-state index contributed by atoms with van der Waals surface area (Å²) in [4.78, 5) is 4.19. The minimum atomic E-state index is 1.11. The number of rotatable bonds is 1. The Morgan fingerprint density at radius 2 is 2.40 bits per heavy atom. The minimum Gasteiger partial charge on any atom is -0.262 e. The maximum Gasteiger partial charge on any atom is 0.0582 e. The van der Waals surface area contributed by atoms with Gasteiger partial charge in [0.1, 0.15) is 0 Å². The summed E-state index contributed by atoms with van der Waals surface area (Å²) in [7, 11) is 0. The topological polar surface area (TPSA) is 12.4 Å². The van der Waals surface area contributed by atoms with Crippen molar-refractivity contribution in [1.82, 2.24) is 0 Å². The van der Waals surface area contributed by atoms with Gasteiger partial charge in [-0.1, -0.05) is 12.2 Å². The maximum atomic E-state index is 4.19. The predicted molar refractivity (Wildman–Crippen MR) is 45.2 cm³/mol. The van der Waals surface area contributed by atoms with Gasteiger partial charge >= 0.3 is 0 Å². The molecule has 1 aliphatic rings. The summed E-state index contributed by atoms with van der Waals surface area (Å²) >= 11 is 0. The van der Waals surface area contributed by atoms with Crippen molar-refractivity contribution in [3.05, 3.63) is 23.9 Å². The van der Waals surface area contributed by atoms with Gasteiger partial charge in [-0.15, -0.1) is 0 Å². The highest BCUT2D eigenvalue weighted by molar-refractivity contribution is 5.56. The number of nitrogens with zero attached hydrogens (tertiary/aromatic N) is 1. The molecule has 0 saturated carbocycles. The van der Waals surface area contributed by atoms with Crippen molar-refractivity contribution >= 4 is 6.21 Å². The summed E-state index contributed by atoms with van der Waals surface area (Å²) in [6, 6.07) is 0. The monoisotopic (exact) mass is 135 g/mol. The molecule has 0 bridgehead atoms. The van der Waals surface area contributed by atoms with E-state index in [1.54, 1.807) is 0 Å². The fraction of sp³-hybridized carbons (Fsp3) is 0.444. The Hall–Kier alpha value is -0.850. The van der Waals surface area contributed by atoms with Crippen molar-refractivity contribution in [3.8, 4) is 0 Å². The van der Waals surface area contributed by atoms with Gasteiger partial charge < -0.3 is 0 Å². The van der Waals surface area contributed by atoms with E-state index < -0.39 is 0 Å². The van der Waals surface area contributed by atoms with Gasteiger partial charge in [-0.25, -0.2) is 0 Å². The van der Waals surface area contributed by atoms with E-state index in [0.717, 1.165) is 5.70 Å². The van der Waals surface area contributed by atoms with Crippen LogP contribution in [0.25, 0.3) is 0 Å². The van der Waals surface area contributed by atoms with Crippen LogP contribution in [0.4, 0.5) is 0 Å². The summed E-state index contributed by atoms with van der Waals surface area (Å²) in [5.74, 6) is 0. The molecule has 0 aromatic carbocycles. The fourth-order valence-electron chi connectivity index (χ4n) is 1.00. The predicted octanol–water partition coefficient (Wildman–Crippen LogP) is 2.70. The van der Waals surface area contributed by atoms with E-state index in [4.69, 9.17) is 0 Å². The first kappa shape index (κ1) is 7.26. The normalized spacial score (nSPS) is 19.1. The van der Waals surface area contributed by atoms with Crippen LogP contribution in [0.1, 0.15) is 26.2 Å². The summed E-state index contributed by atoms with van der Waals surface area (Å²) < 4.78 is 0. The molecule has 0 unspecified atom stereocenters. The highest BCUT2D eigenvalue weighted by atomic mass is 14.7. The zero-order valence-electron chi connectivity index (χ0n) is 6.38. The van der Waals surface area contributed by atoms with Crippen molar-refractivity contribution in [1.29, 1.82) is 0 Å². The Bertz CT molecular complexity index is 175. The van der Waals surface area contributed by atoms with Gasteiger partial charge in [-0.2, -0.15) is 0 Å². The average Bonchev–Trinajstić information content (AvgIpc) is 2.17. The third kappa shape index (κ3) is 2.18. The molecule has 0 aromatic rings. The smallest absolute Gasteiger partial charge is 0.0582 e. The first-order valence-corrected chi connectivity index (χ1v) is 3.79. The van der Waals surface area contributed by atoms with Gasteiger partial charge in [0, 0.05) is 6.21 Å². The van der Waals surface area contributed by atoms with Crippen LogP contribution < -0.4 is 0 Å². The Morgan fingerprint density at radius 3 is 3.20 bits per heavy atom. The van der Waals surface area contributed by atoms with Crippen LogP contribution in [0.5, 0.6) is 0 Å². The van der Waals surface area contributed by atoms with Crippen LogP contribution in [0.3, 0.4) is 0 Å². The van der Waals surface area contributed by atoms with Crippen molar-refractivity contribution in [2.75, 3.05) is 0 Å². The Balaban J connectivity index is 2.61. The van der Waals surface area contributed by atoms with Crippen LogP contribution in [0, 0.1) is 0 Å². The first-order valence-electron chi connectivity index (χ1n) is 3.79. The highest BCUT2D eigenvalue weighted by Crippen LogP contribution is 2.10. The molecule has 0 N–H and O–H groups in total. The number of aliphatic imine (C=N–C) groups is 1. The standard InChI is InChI=1S/C9H13N/c1-2-10-9-7-5-3-4-6-8-9/h2,5,7-8H,3-4,6H2,1H3. The van der Waals surface area contributed by atoms with E-state index in [-0.39, 0.29) is 0 Å². The minimum absolute atomic E-state index is 1.11. The molecule has 1 nitrogen and oxygen atoms in total. The second kappa shape index (κ2) is 4.04. The summed E-state index contributed by atoms with van der Waals surface area (Å²) in [5.41, 5.74) is 1.11. The first-order chi connectivity index (χ1) is 4.93. The Labute approximate surface area is 62.2 Å². The molecule has 1 aliphatic carbocycles. The van der Waals surface area contributed by atoms with Gasteiger partial charge in [0.05, 0.1) is 5.70 Å². The molecule has 0 aromatic heterocycles. The maximum absolute atomic E-state index is 4.19. The van der Waals surface area contributed by atoms with Crippen molar-refractivity contribution < 1.29 is 0 Å². The summed E-state index contributed by atoms with van der Waals surface area (Å²) in [5, 5.41) is 0.